The minimum absolute atomic E-state index is 0.390. The lowest BCUT2D eigenvalue weighted by Crippen LogP contribution is -2.69. The number of rotatable bonds is 6. The third kappa shape index (κ3) is 2.60. The zero-order valence-corrected chi connectivity index (χ0v) is 12.9. The normalized spacial score (nSPS) is 32.7. The number of nitrogens with zero attached hydrogens (tertiary/aromatic N) is 1. The third-order valence-corrected chi connectivity index (χ3v) is 5.59. The highest BCUT2D eigenvalue weighted by Gasteiger charge is 2.49. The Morgan fingerprint density at radius 2 is 1.83 bits per heavy atom. The summed E-state index contributed by atoms with van der Waals surface area (Å²) in [7, 11) is 0. The fourth-order valence-corrected chi connectivity index (χ4v) is 3.70. The van der Waals surface area contributed by atoms with Crippen molar-refractivity contribution in [1.82, 2.24) is 10.2 Å². The van der Waals surface area contributed by atoms with Crippen molar-refractivity contribution in [1.29, 1.82) is 0 Å². The smallest absolute Gasteiger partial charge is 0.0329 e. The molecule has 2 nitrogen and oxygen atoms in total. The van der Waals surface area contributed by atoms with E-state index in [-0.39, 0.29) is 0 Å². The van der Waals surface area contributed by atoms with Crippen LogP contribution in [0.3, 0.4) is 0 Å². The van der Waals surface area contributed by atoms with Crippen LogP contribution in [0.4, 0.5) is 0 Å². The molecule has 0 aromatic carbocycles. The molecule has 1 aliphatic carbocycles. The molecule has 0 bridgehead atoms. The van der Waals surface area contributed by atoms with Gasteiger partial charge in [0.2, 0.25) is 0 Å². The molecular weight excluding hydrogens is 220 g/mol. The number of unbranched alkanes of at least 4 members (excludes halogenated alkanes) is 1. The summed E-state index contributed by atoms with van der Waals surface area (Å²) in [5.74, 6) is 0.938. The van der Waals surface area contributed by atoms with Crippen LogP contribution in [-0.4, -0.2) is 35.6 Å². The van der Waals surface area contributed by atoms with Gasteiger partial charge in [-0.25, -0.2) is 0 Å². The molecule has 106 valence electrons. The summed E-state index contributed by atoms with van der Waals surface area (Å²) in [6.07, 6.45) is 8.10. The summed E-state index contributed by atoms with van der Waals surface area (Å²) in [4.78, 5) is 2.82. The van der Waals surface area contributed by atoms with Crippen molar-refractivity contribution >= 4 is 0 Å². The van der Waals surface area contributed by atoms with Crippen molar-refractivity contribution in [3.05, 3.63) is 0 Å². The van der Waals surface area contributed by atoms with Crippen molar-refractivity contribution in [2.24, 2.45) is 5.92 Å². The molecule has 0 radical (unpaired) electrons. The monoisotopic (exact) mass is 252 g/mol. The van der Waals surface area contributed by atoms with Gasteiger partial charge in [0.25, 0.3) is 0 Å². The molecule has 1 saturated heterocycles. The fourth-order valence-electron chi connectivity index (χ4n) is 3.70. The van der Waals surface area contributed by atoms with Gasteiger partial charge in [0.1, 0.15) is 0 Å². The molecular formula is C16H32N2. The first kappa shape index (κ1) is 14.3. The average Bonchev–Trinajstić information content (AvgIpc) is 3.22. The molecule has 2 fully saturated rings. The lowest BCUT2D eigenvalue weighted by molar-refractivity contribution is -0.00415. The summed E-state index contributed by atoms with van der Waals surface area (Å²) in [6.45, 7) is 13.2. The van der Waals surface area contributed by atoms with Crippen LogP contribution in [0, 0.1) is 5.92 Å². The summed E-state index contributed by atoms with van der Waals surface area (Å²) < 4.78 is 0. The maximum atomic E-state index is 3.91. The fraction of sp³-hybridized carbons (Fsp3) is 1.00. The lowest BCUT2D eigenvalue weighted by Gasteiger charge is -2.54. The number of hydrogen-bond donors (Lipinski definition) is 1. The van der Waals surface area contributed by atoms with E-state index >= 15 is 0 Å². The Morgan fingerprint density at radius 3 is 2.33 bits per heavy atom. The molecule has 1 N–H and O–H groups in total. The summed E-state index contributed by atoms with van der Waals surface area (Å²) >= 11 is 0. The zero-order chi connectivity index (χ0) is 13.2. The maximum absolute atomic E-state index is 3.91. The molecule has 0 aromatic rings. The van der Waals surface area contributed by atoms with E-state index in [0.717, 1.165) is 5.92 Å². The molecule has 0 amide bonds. The average molecular weight is 252 g/mol. The van der Waals surface area contributed by atoms with Gasteiger partial charge in [0.15, 0.2) is 0 Å². The number of nitrogens with one attached hydrogen (secondary N) is 1. The second-order valence-corrected chi connectivity index (χ2v) is 6.75. The Morgan fingerprint density at radius 1 is 1.17 bits per heavy atom. The van der Waals surface area contributed by atoms with E-state index in [0.29, 0.717) is 11.1 Å². The summed E-state index contributed by atoms with van der Waals surface area (Å²) in [5, 5.41) is 3.91. The highest BCUT2D eigenvalue weighted by Crippen LogP contribution is 2.43. The van der Waals surface area contributed by atoms with E-state index in [2.05, 4.69) is 37.9 Å². The molecule has 1 unspecified atom stereocenters. The van der Waals surface area contributed by atoms with Crippen LogP contribution < -0.4 is 5.32 Å². The quantitative estimate of drug-likeness (QED) is 0.779. The van der Waals surface area contributed by atoms with Crippen LogP contribution in [-0.2, 0) is 0 Å². The molecule has 18 heavy (non-hydrogen) atoms. The topological polar surface area (TPSA) is 15.3 Å². The van der Waals surface area contributed by atoms with Crippen molar-refractivity contribution in [3.63, 3.8) is 0 Å². The van der Waals surface area contributed by atoms with E-state index in [1.54, 1.807) is 0 Å². The minimum atomic E-state index is 0.390. The Bertz CT molecular complexity index is 268. The van der Waals surface area contributed by atoms with Crippen LogP contribution in [0.25, 0.3) is 0 Å². The van der Waals surface area contributed by atoms with Gasteiger partial charge in [-0.05, 0) is 51.5 Å². The molecule has 1 saturated carbocycles. The van der Waals surface area contributed by atoms with Crippen LogP contribution in [0.5, 0.6) is 0 Å². The molecule has 2 heteroatoms. The van der Waals surface area contributed by atoms with Crippen LogP contribution in [0.2, 0.25) is 0 Å². The van der Waals surface area contributed by atoms with Crippen LogP contribution in [0.1, 0.15) is 66.2 Å². The molecule has 2 rings (SSSR count). The van der Waals surface area contributed by atoms with Crippen LogP contribution >= 0.6 is 0 Å². The summed E-state index contributed by atoms with van der Waals surface area (Å²) in [5.41, 5.74) is 0.811. The molecule has 1 heterocycles. The van der Waals surface area contributed by atoms with E-state index in [4.69, 9.17) is 0 Å². The lowest BCUT2D eigenvalue weighted by atomic mass is 9.81. The van der Waals surface area contributed by atoms with Gasteiger partial charge in [0.05, 0.1) is 0 Å². The van der Waals surface area contributed by atoms with E-state index in [9.17, 15) is 0 Å². The van der Waals surface area contributed by atoms with Crippen molar-refractivity contribution in [2.75, 3.05) is 19.6 Å². The van der Waals surface area contributed by atoms with E-state index in [1.807, 2.05) is 0 Å². The van der Waals surface area contributed by atoms with Crippen LogP contribution in [0.15, 0.2) is 0 Å². The van der Waals surface area contributed by atoms with E-state index in [1.165, 1.54) is 58.2 Å². The first-order valence-electron chi connectivity index (χ1n) is 8.10. The Hall–Kier alpha value is -0.0800. The molecule has 1 aliphatic heterocycles. The van der Waals surface area contributed by atoms with Gasteiger partial charge in [-0.15, -0.1) is 0 Å². The molecule has 1 atom stereocenters. The number of piperazine rings is 1. The van der Waals surface area contributed by atoms with Gasteiger partial charge in [-0.1, -0.05) is 27.2 Å². The SMILES string of the molecule is CCCCN1CC(C)(C2CC2)NCC1(CC)CC. The standard InChI is InChI=1S/C16H32N2/c1-5-8-11-18-13-15(4,14-9-10-14)17-12-16(18,6-2)7-3/h14,17H,5-13H2,1-4H3. The Labute approximate surface area is 114 Å². The second-order valence-electron chi connectivity index (χ2n) is 6.75. The Kier molecular flexibility index (Phi) is 4.38. The molecule has 0 spiro atoms. The largest absolute Gasteiger partial charge is 0.308 e. The predicted molar refractivity (Wildman–Crippen MR) is 78.9 cm³/mol. The van der Waals surface area contributed by atoms with E-state index < -0.39 is 0 Å². The number of hydrogen-bond acceptors (Lipinski definition) is 2. The molecule has 0 aromatic heterocycles. The van der Waals surface area contributed by atoms with Gasteiger partial charge in [-0.2, -0.15) is 0 Å². The minimum Gasteiger partial charge on any atom is -0.308 e. The Balaban J connectivity index is 2.09. The van der Waals surface area contributed by atoms with Gasteiger partial charge in [0, 0.05) is 24.2 Å². The van der Waals surface area contributed by atoms with Crippen molar-refractivity contribution in [3.8, 4) is 0 Å². The predicted octanol–water partition coefficient (Wildman–Crippen LogP) is 3.42. The van der Waals surface area contributed by atoms with Gasteiger partial charge >= 0.3 is 0 Å². The summed E-state index contributed by atoms with van der Waals surface area (Å²) in [6, 6.07) is 0. The maximum Gasteiger partial charge on any atom is 0.0329 e. The van der Waals surface area contributed by atoms with Crippen molar-refractivity contribution < 1.29 is 0 Å². The molecule has 2 aliphatic rings. The van der Waals surface area contributed by atoms with Gasteiger partial charge in [-0.3, -0.25) is 4.90 Å². The zero-order valence-electron chi connectivity index (χ0n) is 12.9. The first-order valence-corrected chi connectivity index (χ1v) is 8.10. The highest BCUT2D eigenvalue weighted by atomic mass is 15.3. The second kappa shape index (κ2) is 5.50. The van der Waals surface area contributed by atoms with Gasteiger partial charge < -0.3 is 5.32 Å². The third-order valence-electron chi connectivity index (χ3n) is 5.59. The first-order chi connectivity index (χ1) is 8.60. The highest BCUT2D eigenvalue weighted by molar-refractivity contribution is 5.08. The van der Waals surface area contributed by atoms with Crippen molar-refractivity contribution in [2.45, 2.75) is 77.3 Å².